The van der Waals surface area contributed by atoms with Crippen molar-refractivity contribution in [1.82, 2.24) is 5.06 Å². The van der Waals surface area contributed by atoms with E-state index in [9.17, 15) is 5.21 Å². The molecule has 0 saturated carbocycles. The van der Waals surface area contributed by atoms with Gasteiger partial charge in [0.2, 0.25) is 8.32 Å². The highest BCUT2D eigenvalue weighted by atomic mass is 28.4. The van der Waals surface area contributed by atoms with Crippen LogP contribution in [0.15, 0.2) is 22.8 Å². The van der Waals surface area contributed by atoms with Crippen LogP contribution >= 0.6 is 0 Å². The number of nitrogens with zero attached hydrogens (tertiary/aromatic N) is 1. The van der Waals surface area contributed by atoms with Crippen molar-refractivity contribution in [3.63, 3.8) is 0 Å². The molecule has 22 heavy (non-hydrogen) atoms. The lowest BCUT2D eigenvalue weighted by Crippen LogP contribution is -2.51. The van der Waals surface area contributed by atoms with Crippen LogP contribution in [0.3, 0.4) is 0 Å². The second-order valence-electron chi connectivity index (χ2n) is 7.39. The second-order valence-corrected chi connectivity index (χ2v) is 12.8. The van der Waals surface area contributed by atoms with Crippen LogP contribution in [0.5, 0.6) is 0 Å². The first-order valence-corrected chi connectivity index (χ1v) is 10.6. The average molecular weight is 326 g/mol. The third-order valence-corrected chi connectivity index (χ3v) is 11.3. The van der Waals surface area contributed by atoms with Crippen molar-refractivity contribution in [2.24, 2.45) is 0 Å². The normalized spacial score (nSPS) is 24.1. The van der Waals surface area contributed by atoms with Gasteiger partial charge in [-0.3, -0.25) is 0 Å². The van der Waals surface area contributed by atoms with Crippen molar-refractivity contribution in [2.45, 2.75) is 76.7 Å². The lowest BCUT2D eigenvalue weighted by molar-refractivity contribution is -0.122. The van der Waals surface area contributed by atoms with Gasteiger partial charge in [-0.2, -0.15) is 5.06 Å². The Labute approximate surface area is 135 Å². The lowest BCUT2D eigenvalue weighted by atomic mass is 10.1. The molecule has 2 atom stereocenters. The van der Waals surface area contributed by atoms with Crippen LogP contribution in [0.1, 0.15) is 59.8 Å². The van der Waals surface area contributed by atoms with Gasteiger partial charge in [-0.25, -0.2) is 0 Å². The maximum atomic E-state index is 10.3. The molecule has 0 unspecified atom stereocenters. The molecule has 0 aliphatic carbocycles. The van der Waals surface area contributed by atoms with E-state index in [2.05, 4.69) is 41.5 Å². The molecule has 0 radical (unpaired) electrons. The zero-order valence-electron chi connectivity index (χ0n) is 14.7. The highest BCUT2D eigenvalue weighted by Gasteiger charge is 2.50. The molecule has 1 aliphatic heterocycles. The maximum absolute atomic E-state index is 10.3. The van der Waals surface area contributed by atoms with E-state index in [4.69, 9.17) is 8.84 Å². The molecule has 0 spiro atoms. The summed E-state index contributed by atoms with van der Waals surface area (Å²) in [5.74, 6) is 0.796. The third kappa shape index (κ3) is 3.04. The van der Waals surface area contributed by atoms with E-state index < -0.39 is 8.32 Å². The molecule has 1 aromatic heterocycles. The Balaban J connectivity index is 2.29. The SMILES string of the molecule is CC(C)[Si](O[C@H]1CCN(O)[C@@H]1c1ccco1)(C(C)C)C(C)C. The fourth-order valence-corrected chi connectivity index (χ4v) is 9.92. The molecule has 2 rings (SSSR count). The van der Waals surface area contributed by atoms with E-state index in [0.717, 1.165) is 12.2 Å². The monoisotopic (exact) mass is 325 g/mol. The Hall–Kier alpha value is -0.623. The molecule has 2 heterocycles. The van der Waals surface area contributed by atoms with Gasteiger partial charge < -0.3 is 14.1 Å². The van der Waals surface area contributed by atoms with Crippen LogP contribution < -0.4 is 0 Å². The summed E-state index contributed by atoms with van der Waals surface area (Å²) < 4.78 is 12.4. The van der Waals surface area contributed by atoms with E-state index in [-0.39, 0.29) is 12.1 Å². The van der Waals surface area contributed by atoms with E-state index in [1.54, 1.807) is 6.26 Å². The van der Waals surface area contributed by atoms with Gasteiger partial charge in [-0.15, -0.1) is 0 Å². The van der Waals surface area contributed by atoms with Gasteiger partial charge in [0.05, 0.1) is 12.4 Å². The van der Waals surface area contributed by atoms with Gasteiger partial charge in [-0.05, 0) is 35.2 Å². The van der Waals surface area contributed by atoms with Gasteiger partial charge in [-0.1, -0.05) is 41.5 Å². The number of rotatable bonds is 6. The van der Waals surface area contributed by atoms with Crippen LogP contribution in [0.4, 0.5) is 0 Å². The maximum Gasteiger partial charge on any atom is 0.200 e. The zero-order chi connectivity index (χ0) is 16.5. The van der Waals surface area contributed by atoms with Crippen molar-refractivity contribution in [3.05, 3.63) is 24.2 Å². The Kier molecular flexibility index (Phi) is 5.53. The molecule has 1 saturated heterocycles. The van der Waals surface area contributed by atoms with Crippen molar-refractivity contribution >= 4 is 8.32 Å². The number of furan rings is 1. The summed E-state index contributed by atoms with van der Waals surface area (Å²) in [4.78, 5) is 0. The summed E-state index contributed by atoms with van der Waals surface area (Å²) in [6.45, 7) is 14.4. The zero-order valence-corrected chi connectivity index (χ0v) is 15.7. The molecule has 5 heteroatoms. The van der Waals surface area contributed by atoms with Crippen LogP contribution in [0.25, 0.3) is 0 Å². The minimum Gasteiger partial charge on any atom is -0.467 e. The number of hydroxylamine groups is 2. The highest BCUT2D eigenvalue weighted by Crippen LogP contribution is 2.46. The molecular weight excluding hydrogens is 294 g/mol. The molecule has 1 aliphatic rings. The van der Waals surface area contributed by atoms with E-state index in [1.807, 2.05) is 12.1 Å². The van der Waals surface area contributed by atoms with Crippen LogP contribution in [-0.2, 0) is 4.43 Å². The van der Waals surface area contributed by atoms with Gasteiger partial charge in [0.25, 0.3) is 0 Å². The summed E-state index contributed by atoms with van der Waals surface area (Å²) in [6, 6.07) is 3.62. The first-order valence-electron chi connectivity index (χ1n) is 8.47. The van der Waals surface area contributed by atoms with Gasteiger partial charge in [0.1, 0.15) is 11.8 Å². The molecular formula is C17H31NO3Si. The third-order valence-electron chi connectivity index (χ3n) is 5.21. The van der Waals surface area contributed by atoms with Crippen molar-refractivity contribution in [3.8, 4) is 0 Å². The molecule has 0 aromatic carbocycles. The van der Waals surface area contributed by atoms with Crippen LogP contribution in [0, 0.1) is 0 Å². The largest absolute Gasteiger partial charge is 0.467 e. The first-order chi connectivity index (χ1) is 10.3. The molecule has 126 valence electrons. The number of hydrogen-bond donors (Lipinski definition) is 1. The van der Waals surface area contributed by atoms with E-state index >= 15 is 0 Å². The fourth-order valence-electron chi connectivity index (χ4n) is 4.33. The van der Waals surface area contributed by atoms with Crippen LogP contribution in [-0.4, -0.2) is 31.2 Å². The van der Waals surface area contributed by atoms with E-state index in [1.165, 1.54) is 5.06 Å². The molecule has 1 fully saturated rings. The highest BCUT2D eigenvalue weighted by molar-refractivity contribution is 6.77. The van der Waals surface area contributed by atoms with E-state index in [0.29, 0.717) is 23.2 Å². The summed E-state index contributed by atoms with van der Waals surface area (Å²) in [5.41, 5.74) is 1.62. The standard InChI is InChI=1S/C17H31NO3Si/c1-12(2)22(13(3)4,14(5)6)21-16-9-10-18(19)17(16)15-8-7-11-20-15/h7-8,11-14,16-17,19H,9-10H2,1-6H3/t16-,17+/m0/s1. The van der Waals surface area contributed by atoms with Crippen LogP contribution in [0.2, 0.25) is 16.6 Å². The fraction of sp³-hybridized carbons (Fsp3) is 0.765. The molecule has 0 amide bonds. The molecule has 1 aromatic rings. The Bertz CT molecular complexity index is 437. The van der Waals surface area contributed by atoms with Crippen molar-refractivity contribution < 1.29 is 14.1 Å². The second kappa shape index (κ2) is 6.87. The van der Waals surface area contributed by atoms with Crippen molar-refractivity contribution in [2.75, 3.05) is 6.54 Å². The quantitative estimate of drug-likeness (QED) is 0.750. The van der Waals surface area contributed by atoms with Gasteiger partial charge in [0.15, 0.2) is 0 Å². The lowest BCUT2D eigenvalue weighted by Gasteiger charge is -2.44. The first kappa shape index (κ1) is 17.7. The number of hydrogen-bond acceptors (Lipinski definition) is 4. The predicted octanol–water partition coefficient (Wildman–Crippen LogP) is 4.98. The molecule has 1 N–H and O–H groups in total. The molecule has 0 bridgehead atoms. The topological polar surface area (TPSA) is 45.8 Å². The average Bonchev–Trinajstić information content (AvgIpc) is 3.03. The smallest absolute Gasteiger partial charge is 0.200 e. The van der Waals surface area contributed by atoms with Gasteiger partial charge >= 0.3 is 0 Å². The minimum atomic E-state index is -1.96. The Morgan fingerprint density at radius 2 is 1.77 bits per heavy atom. The Morgan fingerprint density at radius 3 is 2.23 bits per heavy atom. The molecule has 4 nitrogen and oxygen atoms in total. The van der Waals surface area contributed by atoms with Crippen molar-refractivity contribution in [1.29, 1.82) is 0 Å². The minimum absolute atomic E-state index is 0.00927. The Morgan fingerprint density at radius 1 is 1.18 bits per heavy atom. The summed E-state index contributed by atoms with van der Waals surface area (Å²) in [6.07, 6.45) is 2.52. The summed E-state index contributed by atoms with van der Waals surface area (Å²) >= 11 is 0. The summed E-state index contributed by atoms with van der Waals surface area (Å²) in [5, 5.41) is 11.6. The van der Waals surface area contributed by atoms with Gasteiger partial charge in [0, 0.05) is 6.54 Å². The summed E-state index contributed by atoms with van der Waals surface area (Å²) in [7, 11) is -1.96. The predicted molar refractivity (Wildman–Crippen MR) is 90.5 cm³/mol.